The van der Waals surface area contributed by atoms with Crippen LogP contribution in [0.2, 0.25) is 0 Å². The zero-order chi connectivity index (χ0) is 13.1. The van der Waals surface area contributed by atoms with E-state index in [0.29, 0.717) is 0 Å². The minimum absolute atomic E-state index is 1.00. The number of hydrogen-bond acceptors (Lipinski definition) is 1. The normalized spacial score (nSPS) is 13.6. The number of rotatable bonds is 3. The average Bonchev–Trinajstić information content (AvgIpc) is 2.81. The first-order valence-corrected chi connectivity index (χ1v) is 6.04. The Morgan fingerprint density at radius 1 is 1.17 bits per heavy atom. The number of nitrogens with zero attached hydrogens (tertiary/aromatic N) is 2. The van der Waals surface area contributed by atoms with E-state index in [1.807, 2.05) is 6.92 Å². The van der Waals surface area contributed by atoms with Crippen molar-refractivity contribution in [2.24, 2.45) is 4.99 Å². The third kappa shape index (κ3) is 2.14. The van der Waals surface area contributed by atoms with Crippen LogP contribution in [-0.4, -0.2) is 10.3 Å². The van der Waals surface area contributed by atoms with Crippen molar-refractivity contribution in [1.29, 1.82) is 0 Å². The van der Waals surface area contributed by atoms with E-state index in [2.05, 4.69) is 66.5 Å². The van der Waals surface area contributed by atoms with Gasteiger partial charge in [-0.25, -0.2) is 0 Å². The molecule has 2 nitrogen and oxygen atoms in total. The van der Waals surface area contributed by atoms with Crippen LogP contribution in [0.1, 0.15) is 20.8 Å². The van der Waals surface area contributed by atoms with Crippen molar-refractivity contribution >= 4 is 22.3 Å². The van der Waals surface area contributed by atoms with Gasteiger partial charge in [0.05, 0.1) is 5.52 Å². The standard InChI is InChI=1S/C16H18N2/c1-5-17-13(3)12(2)14(4)18-11-10-15-8-6-7-9-16(15)18/h5-11H,1H2,2-4H3/b14-12+,17-13-. The predicted molar refractivity (Wildman–Crippen MR) is 79.8 cm³/mol. The summed E-state index contributed by atoms with van der Waals surface area (Å²) in [5.41, 5.74) is 4.59. The number of hydrogen-bond donors (Lipinski definition) is 0. The Morgan fingerprint density at radius 2 is 1.89 bits per heavy atom. The van der Waals surface area contributed by atoms with E-state index >= 15 is 0 Å². The van der Waals surface area contributed by atoms with E-state index in [0.717, 1.165) is 5.71 Å². The van der Waals surface area contributed by atoms with Gasteiger partial charge in [-0.2, -0.15) is 0 Å². The van der Waals surface area contributed by atoms with Gasteiger partial charge in [0.15, 0.2) is 0 Å². The van der Waals surface area contributed by atoms with Gasteiger partial charge in [-0.1, -0.05) is 24.8 Å². The molecule has 0 amide bonds. The maximum Gasteiger partial charge on any atom is 0.0525 e. The van der Waals surface area contributed by atoms with E-state index < -0.39 is 0 Å². The van der Waals surface area contributed by atoms with Gasteiger partial charge in [0, 0.05) is 23.8 Å². The molecule has 0 aliphatic carbocycles. The Balaban J connectivity index is 2.57. The van der Waals surface area contributed by atoms with Crippen molar-refractivity contribution in [3.63, 3.8) is 0 Å². The molecule has 0 aliphatic rings. The van der Waals surface area contributed by atoms with Gasteiger partial charge in [-0.05, 0) is 43.9 Å². The number of aliphatic imine (C=N–C) groups is 1. The monoisotopic (exact) mass is 238 g/mol. The molecule has 0 saturated heterocycles. The van der Waals surface area contributed by atoms with Crippen molar-refractivity contribution in [2.75, 3.05) is 0 Å². The zero-order valence-corrected chi connectivity index (χ0v) is 11.1. The summed E-state index contributed by atoms with van der Waals surface area (Å²) in [4.78, 5) is 4.24. The molecule has 1 heterocycles. The largest absolute Gasteiger partial charge is 0.320 e. The van der Waals surface area contributed by atoms with Gasteiger partial charge in [-0.3, -0.25) is 4.99 Å². The highest BCUT2D eigenvalue weighted by Gasteiger charge is 2.05. The maximum atomic E-state index is 4.24. The molecule has 0 atom stereocenters. The molecule has 0 saturated carbocycles. The van der Waals surface area contributed by atoms with E-state index in [9.17, 15) is 0 Å². The lowest BCUT2D eigenvalue weighted by Gasteiger charge is -2.10. The number of aromatic nitrogens is 1. The second-order valence-electron chi connectivity index (χ2n) is 4.35. The fourth-order valence-corrected chi connectivity index (χ4v) is 2.05. The van der Waals surface area contributed by atoms with Crippen molar-refractivity contribution < 1.29 is 0 Å². The first-order valence-electron chi connectivity index (χ1n) is 6.04. The molecule has 0 unspecified atom stereocenters. The van der Waals surface area contributed by atoms with Crippen LogP contribution in [0.25, 0.3) is 16.6 Å². The molecule has 1 aromatic carbocycles. The molecule has 2 heteroatoms. The highest BCUT2D eigenvalue weighted by molar-refractivity contribution is 6.03. The molecule has 2 aromatic rings. The topological polar surface area (TPSA) is 17.3 Å². The summed E-state index contributed by atoms with van der Waals surface area (Å²) in [5.74, 6) is 0. The molecular weight excluding hydrogens is 220 g/mol. The fourth-order valence-electron chi connectivity index (χ4n) is 2.05. The molecule has 2 rings (SSSR count). The van der Waals surface area contributed by atoms with Crippen molar-refractivity contribution in [3.8, 4) is 0 Å². The summed E-state index contributed by atoms with van der Waals surface area (Å²) >= 11 is 0. The van der Waals surface area contributed by atoms with Crippen LogP contribution in [0.15, 0.2) is 59.9 Å². The van der Waals surface area contributed by atoms with Crippen LogP contribution < -0.4 is 0 Å². The molecule has 1 aromatic heterocycles. The molecule has 0 radical (unpaired) electrons. The fraction of sp³-hybridized carbons (Fsp3) is 0.188. The quantitative estimate of drug-likeness (QED) is 0.701. The molecule has 0 fully saturated rings. The average molecular weight is 238 g/mol. The molecule has 0 N–H and O–H groups in total. The van der Waals surface area contributed by atoms with Crippen LogP contribution >= 0.6 is 0 Å². The molecule has 92 valence electrons. The van der Waals surface area contributed by atoms with E-state index in [4.69, 9.17) is 0 Å². The Labute approximate surface area is 108 Å². The lowest BCUT2D eigenvalue weighted by Crippen LogP contribution is -2.01. The van der Waals surface area contributed by atoms with Crippen molar-refractivity contribution in [1.82, 2.24) is 4.57 Å². The first kappa shape index (κ1) is 12.4. The number of allylic oxidation sites excluding steroid dienone is 2. The highest BCUT2D eigenvalue weighted by Crippen LogP contribution is 2.21. The minimum atomic E-state index is 1.00. The predicted octanol–water partition coefficient (Wildman–Crippen LogP) is 4.50. The van der Waals surface area contributed by atoms with Gasteiger partial charge < -0.3 is 4.57 Å². The lowest BCUT2D eigenvalue weighted by atomic mass is 10.1. The molecule has 0 bridgehead atoms. The van der Waals surface area contributed by atoms with E-state index in [1.54, 1.807) is 6.20 Å². The SMILES string of the molecule is C=C/N=C(C)\C(C)=C(/C)n1ccc2ccccc21. The lowest BCUT2D eigenvalue weighted by molar-refractivity contribution is 1.13. The van der Waals surface area contributed by atoms with E-state index in [-0.39, 0.29) is 0 Å². The second kappa shape index (κ2) is 5.05. The van der Waals surface area contributed by atoms with Gasteiger partial charge >= 0.3 is 0 Å². The molecule has 18 heavy (non-hydrogen) atoms. The first-order chi connectivity index (χ1) is 8.65. The summed E-state index contributed by atoms with van der Waals surface area (Å²) in [6.07, 6.45) is 3.69. The van der Waals surface area contributed by atoms with Crippen molar-refractivity contribution in [2.45, 2.75) is 20.8 Å². The highest BCUT2D eigenvalue weighted by atomic mass is 15.0. The summed E-state index contributed by atoms with van der Waals surface area (Å²) in [5, 5.41) is 1.25. The second-order valence-corrected chi connectivity index (χ2v) is 4.35. The molecular formula is C16H18N2. The zero-order valence-electron chi connectivity index (χ0n) is 11.1. The smallest absolute Gasteiger partial charge is 0.0525 e. The van der Waals surface area contributed by atoms with Crippen LogP contribution in [-0.2, 0) is 0 Å². The summed E-state index contributed by atoms with van der Waals surface area (Å²) < 4.78 is 2.20. The Bertz CT molecular complexity index is 642. The number of benzene rings is 1. The third-order valence-electron chi connectivity index (χ3n) is 3.33. The Kier molecular flexibility index (Phi) is 3.47. The van der Waals surface area contributed by atoms with Crippen LogP contribution in [0.4, 0.5) is 0 Å². The summed E-state index contributed by atoms with van der Waals surface area (Å²) in [7, 11) is 0. The summed E-state index contributed by atoms with van der Waals surface area (Å²) in [6, 6.07) is 10.5. The summed E-state index contributed by atoms with van der Waals surface area (Å²) in [6.45, 7) is 9.85. The number of para-hydroxylation sites is 1. The van der Waals surface area contributed by atoms with Crippen LogP contribution in [0.3, 0.4) is 0 Å². The maximum absolute atomic E-state index is 4.24. The van der Waals surface area contributed by atoms with Gasteiger partial charge in [-0.15, -0.1) is 0 Å². The van der Waals surface area contributed by atoms with Gasteiger partial charge in [0.2, 0.25) is 0 Å². The van der Waals surface area contributed by atoms with Crippen molar-refractivity contribution in [3.05, 3.63) is 54.9 Å². The minimum Gasteiger partial charge on any atom is -0.320 e. The Morgan fingerprint density at radius 3 is 2.61 bits per heavy atom. The third-order valence-corrected chi connectivity index (χ3v) is 3.33. The molecule has 0 aliphatic heterocycles. The van der Waals surface area contributed by atoms with E-state index in [1.165, 1.54) is 22.2 Å². The Hall–Kier alpha value is -2.09. The van der Waals surface area contributed by atoms with Gasteiger partial charge in [0.1, 0.15) is 0 Å². The molecule has 0 spiro atoms. The van der Waals surface area contributed by atoms with Crippen LogP contribution in [0.5, 0.6) is 0 Å². The van der Waals surface area contributed by atoms with Crippen LogP contribution in [0, 0.1) is 0 Å². The van der Waals surface area contributed by atoms with Gasteiger partial charge in [0.25, 0.3) is 0 Å². The number of fused-ring (bicyclic) bond motifs is 1.